The van der Waals surface area contributed by atoms with Crippen molar-refractivity contribution in [3.05, 3.63) is 71.9 Å². The second kappa shape index (κ2) is 8.17. The molecule has 5 nitrogen and oxygen atoms in total. The molecular formula is C23H27N3O2. The number of aliphatic hydroxyl groups is 1. The number of nitrogens with zero attached hydrogens (tertiary/aromatic N) is 1. The van der Waals surface area contributed by atoms with E-state index in [0.717, 1.165) is 30.6 Å². The number of piperidine rings is 1. The van der Waals surface area contributed by atoms with Crippen molar-refractivity contribution >= 4 is 16.8 Å². The SMILES string of the molecule is O=C(CN1CCC(O)(c2ccccc2)CC1)NCCc1c[nH]c2ccccc12. The molecule has 2 heterocycles. The highest BCUT2D eigenvalue weighted by Gasteiger charge is 2.34. The smallest absolute Gasteiger partial charge is 0.234 e. The van der Waals surface area contributed by atoms with E-state index in [0.29, 0.717) is 25.9 Å². The van der Waals surface area contributed by atoms with Crippen LogP contribution >= 0.6 is 0 Å². The first-order valence-electron chi connectivity index (χ1n) is 9.96. The second-order valence-electron chi connectivity index (χ2n) is 7.63. The van der Waals surface area contributed by atoms with Crippen molar-refractivity contribution in [3.63, 3.8) is 0 Å². The number of fused-ring (bicyclic) bond motifs is 1. The highest BCUT2D eigenvalue weighted by molar-refractivity contribution is 5.83. The van der Waals surface area contributed by atoms with Gasteiger partial charge in [0.15, 0.2) is 0 Å². The number of hydrogen-bond donors (Lipinski definition) is 3. The minimum Gasteiger partial charge on any atom is -0.385 e. The van der Waals surface area contributed by atoms with E-state index in [9.17, 15) is 9.90 Å². The van der Waals surface area contributed by atoms with E-state index in [4.69, 9.17) is 0 Å². The average Bonchev–Trinajstić information content (AvgIpc) is 3.14. The number of carbonyl (C=O) groups excluding carboxylic acids is 1. The molecule has 0 spiro atoms. The molecule has 0 aliphatic carbocycles. The van der Waals surface area contributed by atoms with Crippen LogP contribution < -0.4 is 5.32 Å². The molecule has 0 saturated carbocycles. The van der Waals surface area contributed by atoms with Crippen molar-refractivity contribution in [3.8, 4) is 0 Å². The monoisotopic (exact) mass is 377 g/mol. The van der Waals surface area contributed by atoms with Crippen molar-refractivity contribution in [2.45, 2.75) is 24.9 Å². The van der Waals surface area contributed by atoms with Crippen LogP contribution in [-0.2, 0) is 16.8 Å². The fourth-order valence-electron chi connectivity index (χ4n) is 4.05. The van der Waals surface area contributed by atoms with Gasteiger partial charge < -0.3 is 15.4 Å². The molecular weight excluding hydrogens is 350 g/mol. The number of benzene rings is 2. The third-order valence-electron chi connectivity index (χ3n) is 5.75. The summed E-state index contributed by atoms with van der Waals surface area (Å²) in [4.78, 5) is 17.7. The van der Waals surface area contributed by atoms with Crippen molar-refractivity contribution in [2.24, 2.45) is 0 Å². The van der Waals surface area contributed by atoms with Gasteiger partial charge in [0, 0.05) is 36.7 Å². The van der Waals surface area contributed by atoms with Crippen LogP contribution in [0, 0.1) is 0 Å². The molecule has 1 amide bonds. The fourth-order valence-corrected chi connectivity index (χ4v) is 4.05. The summed E-state index contributed by atoms with van der Waals surface area (Å²) in [6, 6.07) is 18.0. The number of hydrogen-bond acceptors (Lipinski definition) is 3. The van der Waals surface area contributed by atoms with E-state index in [-0.39, 0.29) is 5.91 Å². The largest absolute Gasteiger partial charge is 0.385 e. The van der Waals surface area contributed by atoms with Crippen LogP contribution in [0.1, 0.15) is 24.0 Å². The highest BCUT2D eigenvalue weighted by Crippen LogP contribution is 2.32. The van der Waals surface area contributed by atoms with Gasteiger partial charge in [-0.3, -0.25) is 9.69 Å². The molecule has 4 rings (SSSR count). The van der Waals surface area contributed by atoms with E-state index in [2.05, 4.69) is 27.3 Å². The van der Waals surface area contributed by atoms with Crippen molar-refractivity contribution in [2.75, 3.05) is 26.2 Å². The molecule has 146 valence electrons. The summed E-state index contributed by atoms with van der Waals surface area (Å²) in [5.41, 5.74) is 2.55. The second-order valence-corrected chi connectivity index (χ2v) is 7.63. The van der Waals surface area contributed by atoms with Crippen LogP contribution in [0.25, 0.3) is 10.9 Å². The van der Waals surface area contributed by atoms with Gasteiger partial charge in [0.2, 0.25) is 5.91 Å². The van der Waals surface area contributed by atoms with Gasteiger partial charge in [0.1, 0.15) is 0 Å². The number of amides is 1. The van der Waals surface area contributed by atoms with Gasteiger partial charge in [-0.1, -0.05) is 48.5 Å². The number of rotatable bonds is 6. The zero-order chi connectivity index (χ0) is 19.4. The lowest BCUT2D eigenvalue weighted by molar-refractivity contribution is -0.123. The molecule has 1 saturated heterocycles. The molecule has 28 heavy (non-hydrogen) atoms. The first-order valence-corrected chi connectivity index (χ1v) is 9.96. The molecule has 3 N–H and O–H groups in total. The summed E-state index contributed by atoms with van der Waals surface area (Å²) < 4.78 is 0. The molecule has 1 aliphatic heterocycles. The Kier molecular flexibility index (Phi) is 5.46. The van der Waals surface area contributed by atoms with Gasteiger partial charge in [0.05, 0.1) is 12.1 Å². The zero-order valence-corrected chi connectivity index (χ0v) is 16.0. The molecule has 0 atom stereocenters. The topological polar surface area (TPSA) is 68.4 Å². The average molecular weight is 377 g/mol. The van der Waals surface area contributed by atoms with Crippen molar-refractivity contribution < 1.29 is 9.90 Å². The maximum atomic E-state index is 12.3. The summed E-state index contributed by atoms with van der Waals surface area (Å²) in [5.74, 6) is 0.0463. The first-order chi connectivity index (χ1) is 13.6. The lowest BCUT2D eigenvalue weighted by Gasteiger charge is -2.38. The number of nitrogens with one attached hydrogen (secondary N) is 2. The third-order valence-corrected chi connectivity index (χ3v) is 5.75. The molecule has 0 bridgehead atoms. The lowest BCUT2D eigenvalue weighted by atomic mass is 9.84. The predicted octanol–water partition coefficient (Wildman–Crippen LogP) is 2.81. The van der Waals surface area contributed by atoms with Gasteiger partial charge in [-0.05, 0) is 36.5 Å². The fraction of sp³-hybridized carbons (Fsp3) is 0.348. The van der Waals surface area contributed by atoms with Crippen LogP contribution in [0.3, 0.4) is 0 Å². The van der Waals surface area contributed by atoms with Gasteiger partial charge >= 0.3 is 0 Å². The van der Waals surface area contributed by atoms with Crippen LogP contribution in [-0.4, -0.2) is 47.1 Å². The zero-order valence-electron chi connectivity index (χ0n) is 16.0. The lowest BCUT2D eigenvalue weighted by Crippen LogP contribution is -2.46. The summed E-state index contributed by atoms with van der Waals surface area (Å²) in [6.07, 6.45) is 4.13. The van der Waals surface area contributed by atoms with E-state index in [1.165, 1.54) is 10.9 Å². The maximum Gasteiger partial charge on any atom is 0.234 e. The Balaban J connectivity index is 1.23. The van der Waals surface area contributed by atoms with Gasteiger partial charge in [-0.15, -0.1) is 0 Å². The molecule has 0 unspecified atom stereocenters. The Morgan fingerprint density at radius 1 is 1.07 bits per heavy atom. The minimum absolute atomic E-state index is 0.0463. The number of aromatic nitrogens is 1. The summed E-state index contributed by atoms with van der Waals surface area (Å²) >= 11 is 0. The van der Waals surface area contributed by atoms with Gasteiger partial charge in [-0.2, -0.15) is 0 Å². The van der Waals surface area contributed by atoms with Gasteiger partial charge in [0.25, 0.3) is 0 Å². The van der Waals surface area contributed by atoms with Crippen molar-refractivity contribution in [1.82, 2.24) is 15.2 Å². The molecule has 1 aromatic heterocycles. The number of likely N-dealkylation sites (tertiary alicyclic amines) is 1. The van der Waals surface area contributed by atoms with Crippen molar-refractivity contribution in [1.29, 1.82) is 0 Å². The van der Waals surface area contributed by atoms with Crippen LogP contribution in [0.15, 0.2) is 60.8 Å². The van der Waals surface area contributed by atoms with E-state index in [1.54, 1.807) is 0 Å². The summed E-state index contributed by atoms with van der Waals surface area (Å²) in [7, 11) is 0. The normalized spacial score (nSPS) is 16.9. The molecule has 2 aromatic carbocycles. The Labute approximate surface area is 165 Å². The Bertz CT molecular complexity index is 927. The maximum absolute atomic E-state index is 12.3. The molecule has 1 fully saturated rings. The highest BCUT2D eigenvalue weighted by atomic mass is 16.3. The minimum atomic E-state index is -0.774. The Hall–Kier alpha value is -2.63. The van der Waals surface area contributed by atoms with Gasteiger partial charge in [-0.25, -0.2) is 0 Å². The number of carbonyl (C=O) groups is 1. The van der Waals surface area contributed by atoms with Crippen LogP contribution in [0.4, 0.5) is 0 Å². The Morgan fingerprint density at radius 3 is 2.57 bits per heavy atom. The van der Waals surface area contributed by atoms with E-state index in [1.807, 2.05) is 48.7 Å². The predicted molar refractivity (Wildman–Crippen MR) is 111 cm³/mol. The molecule has 1 aliphatic rings. The third kappa shape index (κ3) is 4.11. The molecule has 0 radical (unpaired) electrons. The Morgan fingerprint density at radius 2 is 1.79 bits per heavy atom. The number of aromatic amines is 1. The van der Waals surface area contributed by atoms with E-state index >= 15 is 0 Å². The summed E-state index contributed by atoms with van der Waals surface area (Å²) in [5, 5.41) is 15.1. The van der Waals surface area contributed by atoms with Crippen LogP contribution in [0.2, 0.25) is 0 Å². The number of H-pyrrole nitrogens is 1. The van der Waals surface area contributed by atoms with E-state index < -0.39 is 5.60 Å². The standard InChI is InChI=1S/C23H27N3O2/c27-22(24-13-10-18-16-25-21-9-5-4-8-20(18)21)17-26-14-11-23(28,12-15-26)19-6-2-1-3-7-19/h1-9,16,25,28H,10-15,17H2,(H,24,27). The van der Waals surface area contributed by atoms with Crippen LogP contribution in [0.5, 0.6) is 0 Å². The first kappa shape index (κ1) is 18.7. The molecule has 5 heteroatoms. The number of para-hydroxylation sites is 1. The quantitative estimate of drug-likeness (QED) is 0.619. The molecule has 3 aromatic rings. The summed E-state index contributed by atoms with van der Waals surface area (Å²) in [6.45, 7) is 2.46.